The van der Waals surface area contributed by atoms with Crippen LogP contribution in [-0.2, 0) is 14.3 Å². The van der Waals surface area contributed by atoms with Gasteiger partial charge in [0.2, 0.25) is 0 Å². The third kappa shape index (κ3) is 5.29. The van der Waals surface area contributed by atoms with Crippen LogP contribution in [0, 0.1) is 5.82 Å². The monoisotopic (exact) mass is 346 g/mol. The minimum atomic E-state index is -0.811. The lowest BCUT2D eigenvalue weighted by atomic mass is 10.1. The van der Waals surface area contributed by atoms with E-state index in [9.17, 15) is 14.0 Å². The molecule has 2 rings (SSSR count). The maximum atomic E-state index is 13.3. The van der Waals surface area contributed by atoms with Gasteiger partial charge in [-0.25, -0.2) is 4.39 Å². The van der Waals surface area contributed by atoms with Gasteiger partial charge >= 0.3 is 11.8 Å². The summed E-state index contributed by atoms with van der Waals surface area (Å²) in [4.78, 5) is 23.8. The number of amides is 2. The van der Waals surface area contributed by atoms with Crippen LogP contribution in [0.25, 0.3) is 0 Å². The quantitative estimate of drug-likeness (QED) is 0.787. The molecule has 25 heavy (non-hydrogen) atoms. The number of carbonyl (C=O) groups excluding carboxylic acids is 2. The smallest absolute Gasteiger partial charge is 0.313 e. The molecule has 2 N–H and O–H groups in total. The van der Waals surface area contributed by atoms with Crippen molar-refractivity contribution in [2.75, 3.05) is 26.1 Å². The van der Waals surface area contributed by atoms with Crippen molar-refractivity contribution in [2.45, 2.75) is 6.10 Å². The van der Waals surface area contributed by atoms with Gasteiger partial charge in [0.1, 0.15) is 11.6 Å². The van der Waals surface area contributed by atoms with Crippen LogP contribution in [0.5, 0.6) is 5.75 Å². The number of rotatable bonds is 6. The molecule has 0 heterocycles. The van der Waals surface area contributed by atoms with E-state index < -0.39 is 23.7 Å². The van der Waals surface area contributed by atoms with Gasteiger partial charge in [-0.2, -0.15) is 0 Å². The van der Waals surface area contributed by atoms with Crippen LogP contribution in [0.15, 0.2) is 48.5 Å². The normalized spacial score (nSPS) is 11.5. The fraction of sp³-hybridized carbons (Fsp3) is 0.222. The van der Waals surface area contributed by atoms with Crippen LogP contribution < -0.4 is 15.4 Å². The van der Waals surface area contributed by atoms with Gasteiger partial charge in [-0.05, 0) is 42.0 Å². The van der Waals surface area contributed by atoms with Crippen molar-refractivity contribution in [1.82, 2.24) is 5.32 Å². The Morgan fingerprint density at radius 2 is 1.80 bits per heavy atom. The average Bonchev–Trinajstić information content (AvgIpc) is 2.62. The summed E-state index contributed by atoms with van der Waals surface area (Å²) in [6, 6.07) is 12.4. The lowest BCUT2D eigenvalue weighted by Crippen LogP contribution is -2.38. The summed E-state index contributed by atoms with van der Waals surface area (Å²) in [5.74, 6) is -1.38. The van der Waals surface area contributed by atoms with Gasteiger partial charge in [0.25, 0.3) is 0 Å². The molecule has 0 saturated carbocycles. The summed E-state index contributed by atoms with van der Waals surface area (Å²) >= 11 is 0. The van der Waals surface area contributed by atoms with Crippen molar-refractivity contribution < 1.29 is 23.5 Å². The molecule has 2 amide bonds. The van der Waals surface area contributed by atoms with Gasteiger partial charge in [-0.15, -0.1) is 0 Å². The number of nitrogens with one attached hydrogen (secondary N) is 2. The summed E-state index contributed by atoms with van der Waals surface area (Å²) in [6.07, 6.45) is -0.562. The Labute approximate surface area is 144 Å². The molecule has 0 aromatic heterocycles. The molecule has 2 aromatic carbocycles. The number of hydrogen-bond acceptors (Lipinski definition) is 4. The number of benzene rings is 2. The molecule has 0 spiro atoms. The maximum Gasteiger partial charge on any atom is 0.313 e. The van der Waals surface area contributed by atoms with Crippen molar-refractivity contribution in [2.24, 2.45) is 0 Å². The maximum absolute atomic E-state index is 13.3. The Morgan fingerprint density at radius 1 is 1.08 bits per heavy atom. The second-order valence-electron chi connectivity index (χ2n) is 5.17. The zero-order valence-electron chi connectivity index (χ0n) is 13.9. The predicted octanol–water partition coefficient (Wildman–Crippen LogP) is 2.28. The highest BCUT2D eigenvalue weighted by Crippen LogP contribution is 2.17. The molecule has 0 aliphatic carbocycles. The molecule has 0 aliphatic rings. The van der Waals surface area contributed by atoms with E-state index in [2.05, 4.69) is 10.6 Å². The SMILES string of the molecule is COc1ccc(NC(=O)C(=O)NCC(OC)c2cccc(F)c2)cc1. The van der Waals surface area contributed by atoms with Crippen molar-refractivity contribution in [3.63, 3.8) is 0 Å². The average molecular weight is 346 g/mol. The third-order valence-corrected chi connectivity index (χ3v) is 3.51. The highest BCUT2D eigenvalue weighted by atomic mass is 19.1. The molecule has 132 valence electrons. The summed E-state index contributed by atoms with van der Waals surface area (Å²) in [5, 5.41) is 4.95. The molecule has 0 fully saturated rings. The van der Waals surface area contributed by atoms with Crippen molar-refractivity contribution in [1.29, 1.82) is 0 Å². The molecule has 0 saturated heterocycles. The first-order valence-electron chi connectivity index (χ1n) is 7.55. The minimum Gasteiger partial charge on any atom is -0.497 e. The van der Waals surface area contributed by atoms with E-state index in [-0.39, 0.29) is 6.54 Å². The molecular formula is C18H19FN2O4. The van der Waals surface area contributed by atoms with E-state index in [1.54, 1.807) is 36.4 Å². The Kier molecular flexibility index (Phi) is 6.47. The molecule has 7 heteroatoms. The third-order valence-electron chi connectivity index (χ3n) is 3.51. The minimum absolute atomic E-state index is 0.0365. The van der Waals surface area contributed by atoms with E-state index in [1.807, 2.05) is 0 Å². The number of methoxy groups -OCH3 is 2. The first kappa shape index (κ1) is 18.4. The Bertz CT molecular complexity index is 734. The highest BCUT2D eigenvalue weighted by molar-refractivity contribution is 6.39. The van der Waals surface area contributed by atoms with E-state index in [0.717, 1.165) is 0 Å². The number of anilines is 1. The second kappa shape index (κ2) is 8.79. The molecule has 2 aromatic rings. The van der Waals surface area contributed by atoms with Gasteiger partial charge in [-0.1, -0.05) is 12.1 Å². The molecule has 1 atom stereocenters. The molecule has 6 nitrogen and oxygen atoms in total. The fourth-order valence-electron chi connectivity index (χ4n) is 2.17. The second-order valence-corrected chi connectivity index (χ2v) is 5.17. The van der Waals surface area contributed by atoms with Crippen molar-refractivity contribution in [3.8, 4) is 5.75 Å². The first-order valence-corrected chi connectivity index (χ1v) is 7.55. The van der Waals surface area contributed by atoms with E-state index >= 15 is 0 Å². The molecular weight excluding hydrogens is 327 g/mol. The molecule has 0 bridgehead atoms. The lowest BCUT2D eigenvalue weighted by molar-refractivity contribution is -0.136. The van der Waals surface area contributed by atoms with Crippen LogP contribution in [0.4, 0.5) is 10.1 Å². The molecule has 1 unspecified atom stereocenters. The summed E-state index contributed by atoms with van der Waals surface area (Å²) in [6.45, 7) is 0.0365. The van der Waals surface area contributed by atoms with Gasteiger partial charge in [-0.3, -0.25) is 9.59 Å². The van der Waals surface area contributed by atoms with Crippen LogP contribution in [-0.4, -0.2) is 32.6 Å². The predicted molar refractivity (Wildman–Crippen MR) is 90.8 cm³/mol. The van der Waals surface area contributed by atoms with Gasteiger partial charge in [0, 0.05) is 19.3 Å². The first-order chi connectivity index (χ1) is 12.0. The standard InChI is InChI=1S/C18H19FN2O4/c1-24-15-8-6-14(7-9-15)21-18(23)17(22)20-11-16(25-2)12-4-3-5-13(19)10-12/h3-10,16H,11H2,1-2H3,(H,20,22)(H,21,23). The van der Waals surface area contributed by atoms with Gasteiger partial charge in [0.05, 0.1) is 13.2 Å². The number of hydrogen-bond donors (Lipinski definition) is 2. The largest absolute Gasteiger partial charge is 0.497 e. The van der Waals surface area contributed by atoms with Crippen LogP contribution in [0.2, 0.25) is 0 Å². The topological polar surface area (TPSA) is 76.7 Å². The van der Waals surface area contributed by atoms with E-state index in [0.29, 0.717) is 17.0 Å². The summed E-state index contributed by atoms with van der Waals surface area (Å²) in [5.41, 5.74) is 1.03. The molecule has 0 aliphatic heterocycles. The highest BCUT2D eigenvalue weighted by Gasteiger charge is 2.17. The summed E-state index contributed by atoms with van der Waals surface area (Å²) in [7, 11) is 2.98. The Balaban J connectivity index is 1.90. The fourth-order valence-corrected chi connectivity index (χ4v) is 2.17. The lowest BCUT2D eigenvalue weighted by Gasteiger charge is -2.16. The van der Waals surface area contributed by atoms with Crippen LogP contribution >= 0.6 is 0 Å². The Morgan fingerprint density at radius 3 is 2.40 bits per heavy atom. The van der Waals surface area contributed by atoms with Crippen LogP contribution in [0.3, 0.4) is 0 Å². The molecule has 0 radical (unpaired) electrons. The zero-order valence-corrected chi connectivity index (χ0v) is 13.9. The number of halogens is 1. The number of carbonyl (C=O) groups is 2. The Hall–Kier alpha value is -2.93. The van der Waals surface area contributed by atoms with E-state index in [4.69, 9.17) is 9.47 Å². The zero-order chi connectivity index (χ0) is 18.2. The van der Waals surface area contributed by atoms with Crippen molar-refractivity contribution >= 4 is 17.5 Å². The van der Waals surface area contributed by atoms with Crippen molar-refractivity contribution in [3.05, 3.63) is 59.9 Å². The van der Waals surface area contributed by atoms with Gasteiger partial charge in [0.15, 0.2) is 0 Å². The van der Waals surface area contributed by atoms with Gasteiger partial charge < -0.3 is 20.1 Å². The van der Waals surface area contributed by atoms with E-state index in [1.165, 1.54) is 26.4 Å². The number of ether oxygens (including phenoxy) is 2. The van der Waals surface area contributed by atoms with Crippen LogP contribution in [0.1, 0.15) is 11.7 Å². The summed E-state index contributed by atoms with van der Waals surface area (Å²) < 4.78 is 23.5.